The van der Waals surface area contributed by atoms with Gasteiger partial charge >= 0.3 is 0 Å². The van der Waals surface area contributed by atoms with Gasteiger partial charge in [-0.3, -0.25) is 0 Å². The van der Waals surface area contributed by atoms with Gasteiger partial charge in [-0.25, -0.2) is 0 Å². The van der Waals surface area contributed by atoms with Gasteiger partial charge in [-0.1, -0.05) is 6.07 Å². The third-order valence-electron chi connectivity index (χ3n) is 3.14. The van der Waals surface area contributed by atoms with Crippen LogP contribution in [0.25, 0.3) is 0 Å². The zero-order valence-corrected chi connectivity index (χ0v) is 9.62. The Hall–Kier alpha value is -1.69. The molecule has 0 saturated heterocycles. The highest BCUT2D eigenvalue weighted by Gasteiger charge is 2.24. The summed E-state index contributed by atoms with van der Waals surface area (Å²) < 4.78 is 10.7. The van der Waals surface area contributed by atoms with E-state index in [-0.39, 0.29) is 5.92 Å². The van der Waals surface area contributed by atoms with E-state index in [2.05, 4.69) is 6.07 Å². The number of hydrogen-bond acceptors (Lipinski definition) is 3. The van der Waals surface area contributed by atoms with Crippen molar-refractivity contribution in [3.63, 3.8) is 0 Å². The lowest BCUT2D eigenvalue weighted by molar-refractivity contribution is 0.349. The van der Waals surface area contributed by atoms with E-state index in [1.54, 1.807) is 14.2 Å². The Morgan fingerprint density at radius 3 is 2.75 bits per heavy atom. The summed E-state index contributed by atoms with van der Waals surface area (Å²) in [7, 11) is 3.28. The molecule has 0 fully saturated rings. The zero-order chi connectivity index (χ0) is 11.5. The van der Waals surface area contributed by atoms with E-state index in [4.69, 9.17) is 14.7 Å². The van der Waals surface area contributed by atoms with E-state index in [1.165, 1.54) is 0 Å². The summed E-state index contributed by atoms with van der Waals surface area (Å²) in [5, 5.41) is 9.11. The molecule has 3 heteroatoms. The smallest absolute Gasteiger partial charge is 0.164 e. The van der Waals surface area contributed by atoms with Crippen molar-refractivity contribution in [2.45, 2.75) is 25.2 Å². The number of ether oxygens (including phenoxy) is 2. The van der Waals surface area contributed by atoms with E-state index < -0.39 is 0 Å². The average molecular weight is 217 g/mol. The van der Waals surface area contributed by atoms with E-state index in [1.807, 2.05) is 12.1 Å². The van der Waals surface area contributed by atoms with Crippen molar-refractivity contribution in [2.24, 2.45) is 0 Å². The molecule has 0 radical (unpaired) electrons. The van der Waals surface area contributed by atoms with Crippen LogP contribution in [-0.4, -0.2) is 14.2 Å². The number of nitriles is 1. The maximum atomic E-state index is 9.11. The van der Waals surface area contributed by atoms with Crippen LogP contribution in [0.4, 0.5) is 0 Å². The summed E-state index contributed by atoms with van der Waals surface area (Å²) in [6.45, 7) is 0. The highest BCUT2D eigenvalue weighted by molar-refractivity contribution is 5.53. The van der Waals surface area contributed by atoms with E-state index in [9.17, 15) is 0 Å². The van der Waals surface area contributed by atoms with Gasteiger partial charge in [-0.05, 0) is 30.9 Å². The largest absolute Gasteiger partial charge is 0.493 e. The molecule has 16 heavy (non-hydrogen) atoms. The molecule has 0 bridgehead atoms. The van der Waals surface area contributed by atoms with E-state index >= 15 is 0 Å². The molecule has 0 spiro atoms. The number of hydrogen-bond donors (Lipinski definition) is 0. The van der Waals surface area contributed by atoms with E-state index in [0.29, 0.717) is 0 Å². The maximum absolute atomic E-state index is 9.11. The van der Waals surface area contributed by atoms with Crippen LogP contribution in [0.2, 0.25) is 0 Å². The molecule has 1 aliphatic carbocycles. The van der Waals surface area contributed by atoms with Crippen molar-refractivity contribution in [3.05, 3.63) is 23.3 Å². The SMILES string of the molecule is COc1ccc2c(c1OC)CCCC2C#N. The van der Waals surface area contributed by atoms with Gasteiger partial charge < -0.3 is 9.47 Å². The molecular formula is C13H15NO2. The second kappa shape index (κ2) is 4.44. The highest BCUT2D eigenvalue weighted by atomic mass is 16.5. The van der Waals surface area contributed by atoms with Crippen LogP contribution in [0.15, 0.2) is 12.1 Å². The van der Waals surface area contributed by atoms with Crippen LogP contribution in [0.3, 0.4) is 0 Å². The molecule has 1 atom stereocenters. The lowest BCUT2D eigenvalue weighted by Gasteiger charge is -2.23. The number of rotatable bonds is 2. The Bertz CT molecular complexity index is 434. The molecule has 0 aliphatic heterocycles. The first-order chi connectivity index (χ1) is 7.81. The van der Waals surface area contributed by atoms with Crippen molar-refractivity contribution in [3.8, 4) is 17.6 Å². The second-order valence-corrected chi connectivity index (χ2v) is 3.94. The maximum Gasteiger partial charge on any atom is 0.164 e. The van der Waals surface area contributed by atoms with Crippen LogP contribution < -0.4 is 9.47 Å². The minimum absolute atomic E-state index is 0.00329. The lowest BCUT2D eigenvalue weighted by Crippen LogP contribution is -2.10. The summed E-state index contributed by atoms with van der Waals surface area (Å²) in [4.78, 5) is 0. The quantitative estimate of drug-likeness (QED) is 0.764. The first-order valence-electron chi connectivity index (χ1n) is 5.45. The van der Waals surface area contributed by atoms with Gasteiger partial charge in [-0.2, -0.15) is 5.26 Å². The van der Waals surface area contributed by atoms with Gasteiger partial charge in [0.1, 0.15) is 0 Å². The molecule has 3 nitrogen and oxygen atoms in total. The molecule has 0 amide bonds. The van der Waals surface area contributed by atoms with Crippen molar-refractivity contribution >= 4 is 0 Å². The molecule has 1 unspecified atom stereocenters. The number of nitrogens with zero attached hydrogens (tertiary/aromatic N) is 1. The van der Waals surface area contributed by atoms with Crippen LogP contribution in [0.5, 0.6) is 11.5 Å². The number of methoxy groups -OCH3 is 2. The predicted molar refractivity (Wildman–Crippen MR) is 60.8 cm³/mol. The van der Waals surface area contributed by atoms with Crippen LogP contribution in [0.1, 0.15) is 29.9 Å². The Morgan fingerprint density at radius 2 is 2.12 bits per heavy atom. The number of benzene rings is 1. The summed E-state index contributed by atoms with van der Waals surface area (Å²) >= 11 is 0. The van der Waals surface area contributed by atoms with Crippen LogP contribution in [0, 0.1) is 11.3 Å². The average Bonchev–Trinajstić information content (AvgIpc) is 2.36. The van der Waals surface area contributed by atoms with Crippen molar-refractivity contribution < 1.29 is 9.47 Å². The second-order valence-electron chi connectivity index (χ2n) is 3.94. The summed E-state index contributed by atoms with van der Waals surface area (Å²) in [6.07, 6.45) is 2.95. The Labute approximate surface area is 95.6 Å². The van der Waals surface area contributed by atoms with Gasteiger partial charge in [0.25, 0.3) is 0 Å². The number of fused-ring (bicyclic) bond motifs is 1. The summed E-state index contributed by atoms with van der Waals surface area (Å²) in [5.74, 6) is 1.54. The fourth-order valence-electron chi connectivity index (χ4n) is 2.36. The van der Waals surface area contributed by atoms with Crippen molar-refractivity contribution in [1.82, 2.24) is 0 Å². The molecule has 0 saturated carbocycles. The molecule has 1 aromatic rings. The van der Waals surface area contributed by atoms with E-state index in [0.717, 1.165) is 41.9 Å². The van der Waals surface area contributed by atoms with Gasteiger partial charge in [0.05, 0.1) is 26.2 Å². The van der Waals surface area contributed by atoms with Gasteiger partial charge in [0, 0.05) is 5.56 Å². The molecule has 0 N–H and O–H groups in total. The molecule has 1 aliphatic rings. The molecule has 2 rings (SSSR count). The molecule has 1 aromatic carbocycles. The third-order valence-corrected chi connectivity index (χ3v) is 3.14. The first kappa shape index (κ1) is 10.8. The van der Waals surface area contributed by atoms with Crippen molar-refractivity contribution in [1.29, 1.82) is 5.26 Å². The minimum Gasteiger partial charge on any atom is -0.493 e. The summed E-state index contributed by atoms with van der Waals surface area (Å²) in [5.41, 5.74) is 2.24. The fourth-order valence-corrected chi connectivity index (χ4v) is 2.36. The first-order valence-corrected chi connectivity index (χ1v) is 5.45. The molecule has 84 valence electrons. The normalized spacial score (nSPS) is 18.4. The van der Waals surface area contributed by atoms with Gasteiger partial charge in [0.2, 0.25) is 0 Å². The molecule has 0 aromatic heterocycles. The zero-order valence-electron chi connectivity index (χ0n) is 9.62. The Balaban J connectivity index is 2.55. The molecule has 0 heterocycles. The topological polar surface area (TPSA) is 42.2 Å². The van der Waals surface area contributed by atoms with Crippen LogP contribution in [-0.2, 0) is 6.42 Å². The Kier molecular flexibility index (Phi) is 3.00. The summed E-state index contributed by atoms with van der Waals surface area (Å²) in [6, 6.07) is 6.22. The fraction of sp³-hybridized carbons (Fsp3) is 0.462. The monoisotopic (exact) mass is 217 g/mol. The Morgan fingerprint density at radius 1 is 1.31 bits per heavy atom. The minimum atomic E-state index is 0.00329. The van der Waals surface area contributed by atoms with Gasteiger partial charge in [0.15, 0.2) is 11.5 Å². The third kappa shape index (κ3) is 1.61. The van der Waals surface area contributed by atoms with Gasteiger partial charge in [-0.15, -0.1) is 0 Å². The highest BCUT2D eigenvalue weighted by Crippen LogP contribution is 2.41. The standard InChI is InChI=1S/C13H15NO2/c1-15-12-7-6-10-9(8-14)4-3-5-11(10)13(12)16-2/h6-7,9H,3-5H2,1-2H3. The predicted octanol–water partition coefficient (Wildman–Crippen LogP) is 2.65. The lowest BCUT2D eigenvalue weighted by atomic mass is 9.83. The van der Waals surface area contributed by atoms with Crippen LogP contribution >= 0.6 is 0 Å². The van der Waals surface area contributed by atoms with Crippen molar-refractivity contribution in [2.75, 3.05) is 14.2 Å². The molecular weight excluding hydrogens is 202 g/mol.